The molecule has 0 spiro atoms. The van der Waals surface area contributed by atoms with E-state index < -0.39 is 0 Å². The lowest BCUT2D eigenvalue weighted by Gasteiger charge is -2.18. The van der Waals surface area contributed by atoms with Gasteiger partial charge in [0.25, 0.3) is 0 Å². The van der Waals surface area contributed by atoms with Crippen LogP contribution in [0.25, 0.3) is 17.2 Å². The summed E-state index contributed by atoms with van der Waals surface area (Å²) in [6, 6.07) is 18.8. The van der Waals surface area contributed by atoms with E-state index >= 15 is 0 Å². The van der Waals surface area contributed by atoms with E-state index in [9.17, 15) is 0 Å². The van der Waals surface area contributed by atoms with Crippen LogP contribution in [0.1, 0.15) is 11.1 Å². The number of aromatic nitrogens is 1. The van der Waals surface area contributed by atoms with Gasteiger partial charge in [-0.25, -0.2) is 0 Å². The summed E-state index contributed by atoms with van der Waals surface area (Å²) in [5, 5.41) is 0. The van der Waals surface area contributed by atoms with Gasteiger partial charge in [0.05, 0.1) is 12.3 Å². The summed E-state index contributed by atoms with van der Waals surface area (Å²) in [4.78, 5) is 11.4. The molecule has 0 unspecified atom stereocenters. The van der Waals surface area contributed by atoms with Crippen LogP contribution in [0, 0.1) is 0 Å². The number of likely N-dealkylation sites (N-methyl/N-ethyl adjacent to an activating group) is 1. The molecule has 1 aromatic heterocycles. The van der Waals surface area contributed by atoms with E-state index in [1.165, 1.54) is 11.3 Å². The van der Waals surface area contributed by atoms with E-state index in [4.69, 9.17) is 4.99 Å². The van der Waals surface area contributed by atoms with Crippen molar-refractivity contribution < 1.29 is 0 Å². The van der Waals surface area contributed by atoms with Gasteiger partial charge in [-0.3, -0.25) is 9.98 Å². The molecule has 4 rings (SSSR count). The number of anilines is 1. The molecule has 0 aliphatic carbocycles. The van der Waals surface area contributed by atoms with Crippen molar-refractivity contribution in [3.8, 4) is 11.1 Å². The minimum absolute atomic E-state index is 0. The number of hydrogen-bond acceptors (Lipinski definition) is 3. The van der Waals surface area contributed by atoms with Gasteiger partial charge in [0.15, 0.2) is 0 Å². The second-order valence-corrected chi connectivity index (χ2v) is 7.43. The van der Waals surface area contributed by atoms with Crippen molar-refractivity contribution >= 4 is 45.8 Å². The van der Waals surface area contributed by atoms with Crippen molar-refractivity contribution in [2.45, 2.75) is 0 Å². The molecule has 2 heterocycles. The van der Waals surface area contributed by atoms with Gasteiger partial charge in [-0.05, 0) is 41.5 Å². The minimum atomic E-state index is 0. The van der Waals surface area contributed by atoms with E-state index in [-0.39, 0.29) is 12.4 Å². The fourth-order valence-electron chi connectivity index (χ4n) is 3.32. The van der Waals surface area contributed by atoms with Gasteiger partial charge < -0.3 is 4.90 Å². The molecule has 5 heteroatoms. The molecule has 28 heavy (non-hydrogen) atoms. The van der Waals surface area contributed by atoms with E-state index in [1.807, 2.05) is 18.5 Å². The van der Waals surface area contributed by atoms with Gasteiger partial charge >= 0.3 is 0 Å². The first-order chi connectivity index (χ1) is 13.2. The first kappa shape index (κ1) is 20.3. The summed E-state index contributed by atoms with van der Waals surface area (Å²) < 4.78 is 1.07. The van der Waals surface area contributed by atoms with Gasteiger partial charge in [-0.15, -0.1) is 12.4 Å². The van der Waals surface area contributed by atoms with E-state index in [0.29, 0.717) is 0 Å². The Bertz CT molecular complexity index is 1030. The number of fused-ring (bicyclic) bond motifs is 1. The molecule has 0 fully saturated rings. The maximum Gasteiger partial charge on any atom is 0.0668 e. The first-order valence-corrected chi connectivity index (χ1v) is 9.75. The second-order valence-electron chi connectivity index (χ2n) is 6.51. The molecule has 3 nitrogen and oxygen atoms in total. The third-order valence-corrected chi connectivity index (χ3v) is 5.21. The van der Waals surface area contributed by atoms with Crippen molar-refractivity contribution in [2.75, 3.05) is 25.0 Å². The average Bonchev–Trinajstić information content (AvgIpc) is 2.86. The molecule has 0 radical (unpaired) electrons. The summed E-state index contributed by atoms with van der Waals surface area (Å²) >= 11 is 3.56. The van der Waals surface area contributed by atoms with E-state index in [1.54, 1.807) is 0 Å². The second kappa shape index (κ2) is 9.18. The van der Waals surface area contributed by atoms with Crippen LogP contribution < -0.4 is 4.90 Å². The number of benzene rings is 2. The largest absolute Gasteiger partial charge is 0.372 e. The van der Waals surface area contributed by atoms with Crippen LogP contribution in [0.5, 0.6) is 0 Å². The summed E-state index contributed by atoms with van der Waals surface area (Å²) in [6.45, 7) is 1.71. The maximum absolute atomic E-state index is 4.81. The number of nitrogens with zero attached hydrogens (tertiary/aromatic N) is 3. The lowest BCUT2D eigenvalue weighted by Crippen LogP contribution is -2.20. The fourth-order valence-corrected chi connectivity index (χ4v) is 3.72. The number of benzodiazepines with no additional fused rings is 1. The topological polar surface area (TPSA) is 28.5 Å². The number of para-hydroxylation sites is 1. The molecule has 0 saturated carbocycles. The highest BCUT2D eigenvalue weighted by molar-refractivity contribution is 9.10. The Morgan fingerprint density at radius 2 is 1.86 bits per heavy atom. The summed E-state index contributed by atoms with van der Waals surface area (Å²) in [5.74, 6) is 0. The highest BCUT2D eigenvalue weighted by Gasteiger charge is 2.14. The Balaban J connectivity index is 0.00000225. The molecule has 0 bridgehead atoms. The number of aliphatic imine (C=N–C) groups is 1. The van der Waals surface area contributed by atoms with Crippen molar-refractivity contribution in [2.24, 2.45) is 4.99 Å². The quantitative estimate of drug-likeness (QED) is 0.494. The van der Waals surface area contributed by atoms with Crippen LogP contribution >= 0.6 is 28.3 Å². The van der Waals surface area contributed by atoms with Crippen LogP contribution in [0.3, 0.4) is 0 Å². The van der Waals surface area contributed by atoms with Crippen LogP contribution in [0.2, 0.25) is 0 Å². The van der Waals surface area contributed by atoms with E-state index in [2.05, 4.69) is 93.5 Å². The summed E-state index contributed by atoms with van der Waals surface area (Å²) in [7, 11) is 2.12. The number of hydrogen-bond donors (Lipinski definition) is 0. The number of halogens is 2. The lowest BCUT2D eigenvalue weighted by molar-refractivity contribution is 0.897. The standard InChI is InChI=1S/C23H20BrN3.ClH/c1-27-14-13-26-22(21-7-2-3-8-23(21)27)10-9-18-16-25-12-11-20(18)17-5-4-6-19(24)15-17;/h2-12,15-16H,13-14H2,1H3;1H/b10-9+;. The summed E-state index contributed by atoms with van der Waals surface area (Å²) in [5.41, 5.74) is 6.79. The van der Waals surface area contributed by atoms with Crippen LogP contribution in [0.4, 0.5) is 5.69 Å². The SMILES string of the molecule is CN1CCN=C(/C=C/c2cnccc2-c2cccc(Br)c2)c2ccccc21.Cl. The predicted octanol–water partition coefficient (Wildman–Crippen LogP) is 5.89. The fraction of sp³-hybridized carbons (Fsp3) is 0.130. The van der Waals surface area contributed by atoms with Crippen molar-refractivity contribution in [3.05, 3.63) is 88.7 Å². The molecule has 2 aromatic carbocycles. The van der Waals surface area contributed by atoms with Crippen molar-refractivity contribution in [1.29, 1.82) is 0 Å². The molecule has 1 aliphatic heterocycles. The van der Waals surface area contributed by atoms with Gasteiger partial charge in [-0.1, -0.05) is 52.3 Å². The maximum atomic E-state index is 4.81. The predicted molar refractivity (Wildman–Crippen MR) is 125 cm³/mol. The number of pyridine rings is 1. The zero-order valence-electron chi connectivity index (χ0n) is 15.5. The Kier molecular flexibility index (Phi) is 6.65. The zero-order chi connectivity index (χ0) is 18.6. The van der Waals surface area contributed by atoms with Gasteiger partial charge in [0.2, 0.25) is 0 Å². The Morgan fingerprint density at radius 1 is 1.00 bits per heavy atom. The molecule has 1 aliphatic rings. The minimum Gasteiger partial charge on any atom is -0.372 e. The van der Waals surface area contributed by atoms with Crippen LogP contribution in [-0.4, -0.2) is 30.8 Å². The molecular weight excluding hydrogens is 434 g/mol. The average molecular weight is 455 g/mol. The highest BCUT2D eigenvalue weighted by atomic mass is 79.9. The van der Waals surface area contributed by atoms with Crippen LogP contribution in [-0.2, 0) is 0 Å². The molecule has 3 aromatic rings. The third-order valence-electron chi connectivity index (χ3n) is 4.72. The highest BCUT2D eigenvalue weighted by Crippen LogP contribution is 2.27. The number of rotatable bonds is 3. The Labute approximate surface area is 180 Å². The third kappa shape index (κ3) is 4.34. The lowest BCUT2D eigenvalue weighted by atomic mass is 10.0. The normalized spacial score (nSPS) is 13.5. The molecule has 0 N–H and O–H groups in total. The van der Waals surface area contributed by atoms with E-state index in [0.717, 1.165) is 40.0 Å². The zero-order valence-corrected chi connectivity index (χ0v) is 18.0. The smallest absolute Gasteiger partial charge is 0.0668 e. The molecule has 142 valence electrons. The number of allylic oxidation sites excluding steroid dienone is 1. The van der Waals surface area contributed by atoms with Gasteiger partial charge in [-0.2, -0.15) is 0 Å². The molecule has 0 amide bonds. The van der Waals surface area contributed by atoms with Gasteiger partial charge in [0.1, 0.15) is 0 Å². The Hall–Kier alpha value is -2.43. The molecule has 0 saturated heterocycles. The van der Waals surface area contributed by atoms with Crippen molar-refractivity contribution in [1.82, 2.24) is 4.98 Å². The molecular formula is C23H21BrClN3. The monoisotopic (exact) mass is 453 g/mol. The Morgan fingerprint density at radius 3 is 2.71 bits per heavy atom. The van der Waals surface area contributed by atoms with Crippen LogP contribution in [0.15, 0.2) is 82.5 Å². The van der Waals surface area contributed by atoms with Gasteiger partial charge in [0, 0.05) is 47.3 Å². The summed E-state index contributed by atoms with van der Waals surface area (Å²) in [6.07, 6.45) is 7.96. The first-order valence-electron chi connectivity index (χ1n) is 8.95. The molecule has 0 atom stereocenters. The van der Waals surface area contributed by atoms with Crippen molar-refractivity contribution in [3.63, 3.8) is 0 Å².